The lowest BCUT2D eigenvalue weighted by Crippen LogP contribution is -2.45. The Morgan fingerprint density at radius 3 is 2.36 bits per heavy atom. The zero-order chi connectivity index (χ0) is 19.2. The highest BCUT2D eigenvalue weighted by atomic mass is 19.4. The minimum atomic E-state index is -4.52. The van der Waals surface area contributed by atoms with Crippen LogP contribution in [0.3, 0.4) is 0 Å². The lowest BCUT2D eigenvalue weighted by Gasteiger charge is -2.19. The number of halogens is 3. The molecule has 0 fully saturated rings. The predicted molar refractivity (Wildman–Crippen MR) is 77.6 cm³/mol. The lowest BCUT2D eigenvalue weighted by molar-refractivity contribution is -0.154. The molecule has 0 saturated heterocycles. The summed E-state index contributed by atoms with van der Waals surface area (Å²) < 4.78 is 45.5. The third-order valence-electron chi connectivity index (χ3n) is 2.70. The van der Waals surface area contributed by atoms with Gasteiger partial charge < -0.3 is 15.2 Å². The number of aromatic nitrogens is 1. The first-order valence-corrected chi connectivity index (χ1v) is 6.96. The Hall–Kier alpha value is -2.85. The Morgan fingerprint density at radius 2 is 1.92 bits per heavy atom. The topological polar surface area (TPSA) is 121 Å². The van der Waals surface area contributed by atoms with Crippen LogP contribution in [-0.2, 0) is 9.53 Å². The van der Waals surface area contributed by atoms with Gasteiger partial charge in [-0.25, -0.2) is 14.6 Å². The van der Waals surface area contributed by atoms with Crippen LogP contribution in [0.2, 0.25) is 0 Å². The second-order valence-corrected chi connectivity index (χ2v) is 5.21. The molecule has 0 aliphatic rings. The average molecular weight is 363 g/mol. The molecule has 25 heavy (non-hydrogen) atoms. The van der Waals surface area contributed by atoms with Crippen LogP contribution in [0.5, 0.6) is 5.88 Å². The zero-order valence-electron chi connectivity index (χ0n) is 13.3. The number of carbonyl (C=O) groups is 3. The molecule has 1 aromatic rings. The summed E-state index contributed by atoms with van der Waals surface area (Å²) >= 11 is 0. The number of ether oxygens (including phenoxy) is 2. The number of esters is 1. The maximum atomic E-state index is 12.0. The van der Waals surface area contributed by atoms with Crippen LogP contribution < -0.4 is 15.8 Å². The Morgan fingerprint density at radius 1 is 1.28 bits per heavy atom. The number of pyridine rings is 1. The van der Waals surface area contributed by atoms with Crippen molar-refractivity contribution in [2.75, 3.05) is 6.61 Å². The minimum Gasteiger partial charge on any atom is -0.468 e. The summed E-state index contributed by atoms with van der Waals surface area (Å²) in [6.45, 7) is 1.63. The molecule has 3 N–H and O–H groups in total. The van der Waals surface area contributed by atoms with E-state index in [0.29, 0.717) is 0 Å². The van der Waals surface area contributed by atoms with E-state index in [9.17, 15) is 27.6 Å². The molecule has 1 aromatic heterocycles. The molecule has 0 bridgehead atoms. The number of amides is 3. The van der Waals surface area contributed by atoms with Crippen molar-refractivity contribution in [2.24, 2.45) is 11.7 Å². The van der Waals surface area contributed by atoms with Crippen LogP contribution >= 0.6 is 0 Å². The summed E-state index contributed by atoms with van der Waals surface area (Å²) in [4.78, 5) is 38.0. The first-order chi connectivity index (χ1) is 11.5. The van der Waals surface area contributed by atoms with Crippen LogP contribution in [0.15, 0.2) is 18.3 Å². The monoisotopic (exact) mass is 363 g/mol. The van der Waals surface area contributed by atoms with Crippen LogP contribution in [0.1, 0.15) is 24.2 Å². The molecular formula is C14H16F3N3O5. The fourth-order valence-electron chi connectivity index (χ4n) is 1.61. The fourth-order valence-corrected chi connectivity index (χ4v) is 1.61. The molecule has 0 spiro atoms. The zero-order valence-corrected chi connectivity index (χ0v) is 13.3. The molecule has 1 unspecified atom stereocenters. The molecule has 138 valence electrons. The number of imide groups is 1. The Balaban J connectivity index is 2.75. The maximum absolute atomic E-state index is 12.0. The van der Waals surface area contributed by atoms with E-state index in [1.807, 2.05) is 0 Å². The molecule has 8 nitrogen and oxygen atoms in total. The Kier molecular flexibility index (Phi) is 6.71. The Bertz CT molecular complexity index is 632. The van der Waals surface area contributed by atoms with Crippen molar-refractivity contribution in [3.63, 3.8) is 0 Å². The van der Waals surface area contributed by atoms with Crippen molar-refractivity contribution in [3.8, 4) is 5.88 Å². The van der Waals surface area contributed by atoms with E-state index in [1.54, 1.807) is 19.2 Å². The first kappa shape index (κ1) is 20.2. The van der Waals surface area contributed by atoms with Crippen molar-refractivity contribution in [3.05, 3.63) is 23.9 Å². The number of rotatable bonds is 6. The third kappa shape index (κ3) is 7.06. The quantitative estimate of drug-likeness (QED) is 0.737. The number of nitrogens with one attached hydrogen (secondary N) is 1. The highest BCUT2D eigenvalue weighted by Crippen LogP contribution is 2.17. The van der Waals surface area contributed by atoms with Gasteiger partial charge in [0.15, 0.2) is 12.7 Å². The highest BCUT2D eigenvalue weighted by Gasteiger charge is 2.29. The molecule has 1 atom stereocenters. The number of nitrogens with two attached hydrogens (primary N) is 1. The molecule has 1 rings (SSSR count). The second kappa shape index (κ2) is 8.31. The molecule has 0 aliphatic heterocycles. The van der Waals surface area contributed by atoms with Crippen LogP contribution in [0.25, 0.3) is 0 Å². The molecule has 0 radical (unpaired) electrons. The average Bonchev–Trinajstić information content (AvgIpc) is 2.49. The predicted octanol–water partition coefficient (Wildman–Crippen LogP) is 1.40. The molecule has 1 heterocycles. The van der Waals surface area contributed by atoms with Crippen LogP contribution in [0.4, 0.5) is 18.0 Å². The van der Waals surface area contributed by atoms with Crippen molar-refractivity contribution in [1.29, 1.82) is 0 Å². The molecule has 3 amide bonds. The summed E-state index contributed by atoms with van der Waals surface area (Å²) in [6.07, 6.45) is -4.87. The summed E-state index contributed by atoms with van der Waals surface area (Å²) in [5, 5.41) is 1.80. The van der Waals surface area contributed by atoms with E-state index in [4.69, 9.17) is 10.5 Å². The SMILES string of the molecule is CC(C)C(OC(=O)c1ccc(OCC(F)(F)F)nc1)C(=O)NC(N)=O. The van der Waals surface area contributed by atoms with Gasteiger partial charge >= 0.3 is 18.2 Å². The number of primary amides is 1. The third-order valence-corrected chi connectivity index (χ3v) is 2.70. The van der Waals surface area contributed by atoms with Crippen molar-refractivity contribution in [1.82, 2.24) is 10.3 Å². The number of carbonyl (C=O) groups excluding carboxylic acids is 3. The van der Waals surface area contributed by atoms with Gasteiger partial charge in [-0.05, 0) is 12.0 Å². The van der Waals surface area contributed by atoms with Gasteiger partial charge in [-0.1, -0.05) is 13.8 Å². The first-order valence-electron chi connectivity index (χ1n) is 6.96. The van der Waals surface area contributed by atoms with Crippen molar-refractivity contribution in [2.45, 2.75) is 26.1 Å². The maximum Gasteiger partial charge on any atom is 0.422 e. The number of hydrogen-bond acceptors (Lipinski definition) is 6. The van der Waals surface area contributed by atoms with E-state index in [0.717, 1.165) is 18.3 Å². The second-order valence-electron chi connectivity index (χ2n) is 5.21. The smallest absolute Gasteiger partial charge is 0.422 e. The van der Waals surface area contributed by atoms with Gasteiger partial charge in [0.25, 0.3) is 5.91 Å². The van der Waals surface area contributed by atoms with Crippen molar-refractivity contribution < 1.29 is 37.0 Å². The van der Waals surface area contributed by atoms with Gasteiger partial charge in [-0.15, -0.1) is 0 Å². The molecule has 0 saturated carbocycles. The minimum absolute atomic E-state index is 0.114. The standard InChI is InChI=1S/C14H16F3N3O5/c1-7(2)10(11(21)20-13(18)23)25-12(22)8-3-4-9(19-5-8)24-6-14(15,16)17/h3-5,7,10H,6H2,1-2H3,(H3,18,20,21,23). The summed E-state index contributed by atoms with van der Waals surface area (Å²) in [5.41, 5.74) is 4.72. The van der Waals surface area contributed by atoms with Gasteiger partial charge in [-0.3, -0.25) is 10.1 Å². The van der Waals surface area contributed by atoms with E-state index >= 15 is 0 Å². The fraction of sp³-hybridized carbons (Fsp3) is 0.429. The van der Waals surface area contributed by atoms with Gasteiger partial charge in [0.1, 0.15) is 0 Å². The molecule has 11 heteroatoms. The molecule has 0 aromatic carbocycles. The molecule has 0 aliphatic carbocycles. The van der Waals surface area contributed by atoms with Crippen LogP contribution in [0, 0.1) is 5.92 Å². The van der Waals surface area contributed by atoms with Crippen LogP contribution in [-0.4, -0.2) is 41.8 Å². The largest absolute Gasteiger partial charge is 0.468 e. The number of nitrogens with zero attached hydrogens (tertiary/aromatic N) is 1. The number of urea groups is 1. The van der Waals surface area contributed by atoms with Gasteiger partial charge in [0, 0.05) is 12.3 Å². The highest BCUT2D eigenvalue weighted by molar-refractivity contribution is 5.98. The van der Waals surface area contributed by atoms with E-state index in [-0.39, 0.29) is 11.4 Å². The van der Waals surface area contributed by atoms with E-state index in [2.05, 4.69) is 9.72 Å². The van der Waals surface area contributed by atoms with Gasteiger partial charge in [-0.2, -0.15) is 13.2 Å². The normalized spacial score (nSPS) is 12.4. The number of alkyl halides is 3. The summed E-state index contributed by atoms with van der Waals surface area (Å²) in [5.74, 6) is -2.64. The van der Waals surface area contributed by atoms with Crippen molar-refractivity contribution >= 4 is 17.9 Å². The lowest BCUT2D eigenvalue weighted by atomic mass is 10.1. The Labute approximate surface area is 140 Å². The number of hydrogen-bond donors (Lipinski definition) is 2. The summed E-state index contributed by atoms with van der Waals surface area (Å²) in [6, 6.07) is 1.08. The van der Waals surface area contributed by atoms with E-state index < -0.39 is 42.7 Å². The molecular weight excluding hydrogens is 347 g/mol. The van der Waals surface area contributed by atoms with E-state index in [1.165, 1.54) is 0 Å². The van der Waals surface area contributed by atoms with Gasteiger partial charge in [0.2, 0.25) is 5.88 Å². The summed E-state index contributed by atoms with van der Waals surface area (Å²) in [7, 11) is 0. The van der Waals surface area contributed by atoms with Gasteiger partial charge in [0.05, 0.1) is 5.56 Å².